The Labute approximate surface area is 143 Å². The van der Waals surface area contributed by atoms with Crippen LogP contribution in [-0.2, 0) is 11.2 Å². The number of rotatable bonds is 7. The summed E-state index contributed by atoms with van der Waals surface area (Å²) < 4.78 is 0. The van der Waals surface area contributed by atoms with Crippen LogP contribution < -0.4 is 10.6 Å². The molecule has 2 aromatic rings. The predicted octanol–water partition coefficient (Wildman–Crippen LogP) is 2.93. The molecular formula is C18H23ClN2O2. The molecule has 2 rings (SSSR count). The van der Waals surface area contributed by atoms with Crippen LogP contribution in [0.2, 0.25) is 0 Å². The van der Waals surface area contributed by atoms with E-state index in [9.17, 15) is 9.90 Å². The van der Waals surface area contributed by atoms with Crippen molar-refractivity contribution in [2.45, 2.75) is 19.4 Å². The van der Waals surface area contributed by atoms with Gasteiger partial charge in [0, 0.05) is 19.2 Å². The molecule has 3 N–H and O–H groups in total. The Morgan fingerprint density at radius 2 is 1.74 bits per heavy atom. The van der Waals surface area contributed by atoms with E-state index in [0.29, 0.717) is 6.54 Å². The number of hydrogen-bond donors (Lipinski definition) is 3. The van der Waals surface area contributed by atoms with Crippen LogP contribution >= 0.6 is 12.4 Å². The SMILES string of the molecule is CC(=O)Nc1ccc(CCNC[C@H](O)c2ccccc2)cc1.Cl. The highest BCUT2D eigenvalue weighted by atomic mass is 35.5. The van der Waals surface area contributed by atoms with Crippen LogP contribution in [0.1, 0.15) is 24.2 Å². The number of amides is 1. The second kappa shape index (κ2) is 10.0. The Kier molecular flexibility index (Phi) is 8.33. The molecule has 1 atom stereocenters. The van der Waals surface area contributed by atoms with Gasteiger partial charge in [-0.25, -0.2) is 0 Å². The first-order valence-corrected chi connectivity index (χ1v) is 7.45. The Bertz CT molecular complexity index is 588. The van der Waals surface area contributed by atoms with Crippen molar-refractivity contribution in [3.63, 3.8) is 0 Å². The molecule has 0 saturated heterocycles. The fourth-order valence-corrected chi connectivity index (χ4v) is 2.22. The lowest BCUT2D eigenvalue weighted by Gasteiger charge is -2.12. The minimum Gasteiger partial charge on any atom is -0.387 e. The maximum Gasteiger partial charge on any atom is 0.221 e. The number of halogens is 1. The summed E-state index contributed by atoms with van der Waals surface area (Å²) in [5.74, 6) is -0.0654. The van der Waals surface area contributed by atoms with Crippen molar-refractivity contribution in [3.8, 4) is 0 Å². The lowest BCUT2D eigenvalue weighted by atomic mass is 10.1. The summed E-state index contributed by atoms with van der Waals surface area (Å²) in [4.78, 5) is 10.9. The molecule has 0 unspecified atom stereocenters. The van der Waals surface area contributed by atoms with Crippen molar-refractivity contribution in [1.82, 2.24) is 5.32 Å². The van der Waals surface area contributed by atoms with Gasteiger partial charge in [-0.1, -0.05) is 42.5 Å². The molecule has 0 aliphatic heterocycles. The topological polar surface area (TPSA) is 61.4 Å². The minimum atomic E-state index is -0.483. The van der Waals surface area contributed by atoms with Gasteiger partial charge in [0.05, 0.1) is 6.10 Å². The lowest BCUT2D eigenvalue weighted by Crippen LogP contribution is -2.23. The average Bonchev–Trinajstić information content (AvgIpc) is 2.53. The molecule has 0 saturated carbocycles. The first-order chi connectivity index (χ1) is 10.6. The second-order valence-electron chi connectivity index (χ2n) is 5.26. The number of aliphatic hydroxyl groups is 1. The third-order valence-electron chi connectivity index (χ3n) is 3.39. The summed E-state index contributed by atoms with van der Waals surface area (Å²) in [5.41, 5.74) is 2.93. The summed E-state index contributed by atoms with van der Waals surface area (Å²) >= 11 is 0. The zero-order chi connectivity index (χ0) is 15.8. The van der Waals surface area contributed by atoms with Gasteiger partial charge in [-0.05, 0) is 36.2 Å². The molecule has 0 bridgehead atoms. The summed E-state index contributed by atoms with van der Waals surface area (Å²) in [6, 6.07) is 17.4. The van der Waals surface area contributed by atoms with Crippen LogP contribution in [0.3, 0.4) is 0 Å². The summed E-state index contributed by atoms with van der Waals surface area (Å²) in [7, 11) is 0. The van der Waals surface area contributed by atoms with Crippen LogP contribution in [0, 0.1) is 0 Å². The number of carbonyl (C=O) groups excluding carboxylic acids is 1. The van der Waals surface area contributed by atoms with Crippen molar-refractivity contribution in [2.24, 2.45) is 0 Å². The van der Waals surface area contributed by atoms with Crippen LogP contribution in [0.15, 0.2) is 54.6 Å². The van der Waals surface area contributed by atoms with E-state index in [0.717, 1.165) is 24.2 Å². The number of hydrogen-bond acceptors (Lipinski definition) is 3. The number of anilines is 1. The van der Waals surface area contributed by atoms with Gasteiger partial charge in [-0.2, -0.15) is 0 Å². The molecule has 0 aromatic heterocycles. The van der Waals surface area contributed by atoms with Crippen molar-refractivity contribution in [3.05, 3.63) is 65.7 Å². The molecule has 0 fully saturated rings. The van der Waals surface area contributed by atoms with Crippen molar-refractivity contribution < 1.29 is 9.90 Å². The van der Waals surface area contributed by atoms with Gasteiger partial charge in [0.25, 0.3) is 0 Å². The molecule has 5 heteroatoms. The Morgan fingerprint density at radius 1 is 1.09 bits per heavy atom. The van der Waals surface area contributed by atoms with Crippen molar-refractivity contribution >= 4 is 24.0 Å². The summed E-state index contributed by atoms with van der Waals surface area (Å²) in [6.07, 6.45) is 0.394. The zero-order valence-corrected chi connectivity index (χ0v) is 14.0. The van der Waals surface area contributed by atoms with Gasteiger partial charge in [0.2, 0.25) is 5.91 Å². The fourth-order valence-electron chi connectivity index (χ4n) is 2.22. The highest BCUT2D eigenvalue weighted by Crippen LogP contribution is 2.11. The van der Waals surface area contributed by atoms with Crippen LogP contribution in [0.4, 0.5) is 5.69 Å². The average molecular weight is 335 g/mol. The first kappa shape index (κ1) is 19.2. The van der Waals surface area contributed by atoms with Gasteiger partial charge in [0.15, 0.2) is 0 Å². The predicted molar refractivity (Wildman–Crippen MR) is 96.0 cm³/mol. The number of benzene rings is 2. The standard InChI is InChI=1S/C18H22N2O2.ClH/c1-14(21)20-17-9-7-15(8-10-17)11-12-19-13-18(22)16-5-3-2-4-6-16;/h2-10,18-19,22H,11-13H2,1H3,(H,20,21);1H/t18-;/m0./s1. The summed E-state index contributed by atoms with van der Waals surface area (Å²) in [6.45, 7) is 2.83. The second-order valence-corrected chi connectivity index (χ2v) is 5.26. The largest absolute Gasteiger partial charge is 0.387 e. The first-order valence-electron chi connectivity index (χ1n) is 7.45. The Balaban J connectivity index is 0.00000264. The molecule has 0 aliphatic carbocycles. The maximum absolute atomic E-state index is 10.9. The van der Waals surface area contributed by atoms with Crippen LogP contribution in [0.25, 0.3) is 0 Å². The molecule has 1 amide bonds. The molecule has 0 spiro atoms. The number of nitrogens with one attached hydrogen (secondary N) is 2. The third kappa shape index (κ3) is 6.82. The molecule has 4 nitrogen and oxygen atoms in total. The zero-order valence-electron chi connectivity index (χ0n) is 13.2. The molecule has 2 aromatic carbocycles. The lowest BCUT2D eigenvalue weighted by molar-refractivity contribution is -0.114. The molecular weight excluding hydrogens is 312 g/mol. The Hall–Kier alpha value is -1.88. The van der Waals surface area contributed by atoms with Gasteiger partial charge < -0.3 is 15.7 Å². The number of aliphatic hydroxyl groups excluding tert-OH is 1. The highest BCUT2D eigenvalue weighted by Gasteiger charge is 2.05. The van der Waals surface area contributed by atoms with Gasteiger partial charge >= 0.3 is 0 Å². The van der Waals surface area contributed by atoms with Gasteiger partial charge in [-0.3, -0.25) is 4.79 Å². The van der Waals surface area contributed by atoms with E-state index in [4.69, 9.17) is 0 Å². The van der Waals surface area contributed by atoms with E-state index in [2.05, 4.69) is 10.6 Å². The highest BCUT2D eigenvalue weighted by molar-refractivity contribution is 5.88. The van der Waals surface area contributed by atoms with E-state index in [1.54, 1.807) is 0 Å². The minimum absolute atomic E-state index is 0. The van der Waals surface area contributed by atoms with Crippen LogP contribution in [-0.4, -0.2) is 24.1 Å². The summed E-state index contributed by atoms with van der Waals surface area (Å²) in [5, 5.41) is 16.0. The molecule has 0 aliphatic rings. The van der Waals surface area contributed by atoms with E-state index >= 15 is 0 Å². The van der Waals surface area contributed by atoms with Crippen molar-refractivity contribution in [1.29, 1.82) is 0 Å². The van der Waals surface area contributed by atoms with E-state index in [-0.39, 0.29) is 18.3 Å². The molecule has 0 radical (unpaired) electrons. The third-order valence-corrected chi connectivity index (χ3v) is 3.39. The Morgan fingerprint density at radius 3 is 2.35 bits per heavy atom. The van der Waals surface area contributed by atoms with Crippen LogP contribution in [0.5, 0.6) is 0 Å². The monoisotopic (exact) mass is 334 g/mol. The number of carbonyl (C=O) groups is 1. The molecule has 23 heavy (non-hydrogen) atoms. The quantitative estimate of drug-likeness (QED) is 0.682. The molecule has 0 heterocycles. The fraction of sp³-hybridized carbons (Fsp3) is 0.278. The maximum atomic E-state index is 10.9. The van der Waals surface area contributed by atoms with E-state index in [1.807, 2.05) is 54.6 Å². The van der Waals surface area contributed by atoms with Gasteiger partial charge in [-0.15, -0.1) is 12.4 Å². The van der Waals surface area contributed by atoms with E-state index < -0.39 is 6.10 Å². The molecule has 124 valence electrons. The van der Waals surface area contributed by atoms with Crippen molar-refractivity contribution in [2.75, 3.05) is 18.4 Å². The normalized spacial score (nSPS) is 11.4. The smallest absolute Gasteiger partial charge is 0.221 e. The van der Waals surface area contributed by atoms with Gasteiger partial charge in [0.1, 0.15) is 0 Å². The van der Waals surface area contributed by atoms with E-state index in [1.165, 1.54) is 12.5 Å².